The summed E-state index contributed by atoms with van der Waals surface area (Å²) in [5.41, 5.74) is 1.10. The lowest BCUT2D eigenvalue weighted by atomic mass is 10.1. The second-order valence-corrected chi connectivity index (χ2v) is 5.22. The van der Waals surface area contributed by atoms with Crippen molar-refractivity contribution in [2.45, 2.75) is 25.3 Å². The van der Waals surface area contributed by atoms with E-state index in [1.165, 1.54) is 0 Å². The van der Waals surface area contributed by atoms with Crippen molar-refractivity contribution in [1.82, 2.24) is 10.2 Å². The van der Waals surface area contributed by atoms with E-state index >= 15 is 0 Å². The lowest BCUT2D eigenvalue weighted by Crippen LogP contribution is -2.44. The zero-order chi connectivity index (χ0) is 13.7. The Bertz CT molecular complexity index is 439. The summed E-state index contributed by atoms with van der Waals surface area (Å²) in [5.74, 6) is 0. The summed E-state index contributed by atoms with van der Waals surface area (Å²) in [4.78, 5) is 13.7. The number of benzene rings is 1. The first-order chi connectivity index (χ1) is 9.20. The number of amides is 2. The minimum Gasteiger partial charge on any atom is -0.394 e. The van der Waals surface area contributed by atoms with Crippen LogP contribution in [-0.4, -0.2) is 41.8 Å². The molecule has 0 saturated carbocycles. The zero-order valence-corrected chi connectivity index (χ0v) is 11.6. The smallest absolute Gasteiger partial charge is 0.317 e. The van der Waals surface area contributed by atoms with E-state index in [-0.39, 0.29) is 18.7 Å². The van der Waals surface area contributed by atoms with E-state index in [1.54, 1.807) is 4.90 Å². The number of aliphatic hydroxyl groups excluding tert-OH is 1. The normalized spacial score (nSPS) is 18.6. The molecule has 1 heterocycles. The standard InChI is InChI=1S/C14H19ClN2O2/c15-12-4-1-3-11(9-12)6-7-16-14(19)17-8-2-5-13(17)10-18/h1,3-4,9,13,18H,2,5-8,10H2,(H,16,19). The van der Waals surface area contributed by atoms with Gasteiger partial charge in [-0.15, -0.1) is 0 Å². The molecule has 2 amide bonds. The van der Waals surface area contributed by atoms with Crippen molar-refractivity contribution in [2.24, 2.45) is 0 Å². The van der Waals surface area contributed by atoms with E-state index in [1.807, 2.05) is 24.3 Å². The zero-order valence-electron chi connectivity index (χ0n) is 10.8. The van der Waals surface area contributed by atoms with Gasteiger partial charge in [-0.2, -0.15) is 0 Å². The van der Waals surface area contributed by atoms with Gasteiger partial charge in [0.2, 0.25) is 0 Å². The Balaban J connectivity index is 1.78. The second-order valence-electron chi connectivity index (χ2n) is 4.78. The lowest BCUT2D eigenvalue weighted by molar-refractivity contribution is 0.157. The van der Waals surface area contributed by atoms with Crippen LogP contribution >= 0.6 is 11.6 Å². The van der Waals surface area contributed by atoms with Gasteiger partial charge in [-0.05, 0) is 37.0 Å². The molecule has 4 nitrogen and oxygen atoms in total. The molecule has 1 aromatic rings. The predicted octanol–water partition coefficient (Wildman–Crippen LogP) is 2.05. The molecule has 0 bridgehead atoms. The fourth-order valence-electron chi connectivity index (χ4n) is 2.40. The number of halogens is 1. The van der Waals surface area contributed by atoms with Crippen LogP contribution < -0.4 is 5.32 Å². The van der Waals surface area contributed by atoms with Crippen molar-refractivity contribution >= 4 is 17.6 Å². The molecule has 2 N–H and O–H groups in total. The fraction of sp³-hybridized carbons (Fsp3) is 0.500. The molecular formula is C14H19ClN2O2. The maximum Gasteiger partial charge on any atom is 0.317 e. The van der Waals surface area contributed by atoms with Crippen LogP contribution in [0.1, 0.15) is 18.4 Å². The van der Waals surface area contributed by atoms with Crippen molar-refractivity contribution in [3.05, 3.63) is 34.9 Å². The number of carbonyl (C=O) groups excluding carboxylic acids is 1. The molecule has 0 aromatic heterocycles. The number of hydrogen-bond acceptors (Lipinski definition) is 2. The monoisotopic (exact) mass is 282 g/mol. The van der Waals surface area contributed by atoms with E-state index in [9.17, 15) is 9.90 Å². The fourth-order valence-corrected chi connectivity index (χ4v) is 2.61. The average Bonchev–Trinajstić information content (AvgIpc) is 2.87. The van der Waals surface area contributed by atoms with Crippen molar-refractivity contribution in [2.75, 3.05) is 19.7 Å². The van der Waals surface area contributed by atoms with Crippen LogP contribution in [-0.2, 0) is 6.42 Å². The summed E-state index contributed by atoms with van der Waals surface area (Å²) in [7, 11) is 0. The lowest BCUT2D eigenvalue weighted by Gasteiger charge is -2.23. The Morgan fingerprint density at radius 2 is 2.37 bits per heavy atom. The van der Waals surface area contributed by atoms with Crippen molar-refractivity contribution in [3.8, 4) is 0 Å². The van der Waals surface area contributed by atoms with Gasteiger partial charge < -0.3 is 15.3 Å². The highest BCUT2D eigenvalue weighted by Crippen LogP contribution is 2.16. The second kappa shape index (κ2) is 6.78. The highest BCUT2D eigenvalue weighted by molar-refractivity contribution is 6.30. The van der Waals surface area contributed by atoms with Crippen molar-refractivity contribution < 1.29 is 9.90 Å². The maximum absolute atomic E-state index is 11.9. The van der Waals surface area contributed by atoms with Gasteiger partial charge in [-0.3, -0.25) is 0 Å². The summed E-state index contributed by atoms with van der Waals surface area (Å²) >= 11 is 5.90. The molecular weight excluding hydrogens is 264 g/mol. The molecule has 1 unspecified atom stereocenters. The van der Waals surface area contributed by atoms with Gasteiger partial charge in [-0.25, -0.2) is 4.79 Å². The summed E-state index contributed by atoms with van der Waals surface area (Å²) in [6.45, 7) is 1.35. The summed E-state index contributed by atoms with van der Waals surface area (Å²) in [5, 5.41) is 12.8. The Labute approximate surface area is 118 Å². The van der Waals surface area contributed by atoms with Crippen LogP contribution in [0.3, 0.4) is 0 Å². The first kappa shape index (κ1) is 14.2. The quantitative estimate of drug-likeness (QED) is 0.888. The molecule has 0 radical (unpaired) electrons. The van der Waals surface area contributed by atoms with Gasteiger partial charge in [0.25, 0.3) is 0 Å². The highest BCUT2D eigenvalue weighted by atomic mass is 35.5. The number of likely N-dealkylation sites (tertiary alicyclic amines) is 1. The van der Waals surface area contributed by atoms with E-state index in [0.717, 1.165) is 31.4 Å². The Morgan fingerprint density at radius 3 is 3.11 bits per heavy atom. The van der Waals surface area contributed by atoms with E-state index in [4.69, 9.17) is 11.6 Å². The third-order valence-electron chi connectivity index (χ3n) is 3.43. The molecule has 1 aliphatic heterocycles. The molecule has 19 heavy (non-hydrogen) atoms. The minimum atomic E-state index is -0.0846. The van der Waals surface area contributed by atoms with Gasteiger partial charge >= 0.3 is 6.03 Å². The third kappa shape index (κ3) is 3.85. The molecule has 1 saturated heterocycles. The Morgan fingerprint density at radius 1 is 1.53 bits per heavy atom. The highest BCUT2D eigenvalue weighted by Gasteiger charge is 2.27. The van der Waals surface area contributed by atoms with Crippen LogP contribution in [0.25, 0.3) is 0 Å². The molecule has 1 aliphatic rings. The Hall–Kier alpha value is -1.26. The first-order valence-corrected chi connectivity index (χ1v) is 6.98. The summed E-state index contributed by atoms with van der Waals surface area (Å²) in [6, 6.07) is 7.52. The van der Waals surface area contributed by atoms with Crippen molar-refractivity contribution in [1.29, 1.82) is 0 Å². The SMILES string of the molecule is O=C(NCCc1cccc(Cl)c1)N1CCCC1CO. The van der Waals surface area contributed by atoms with E-state index in [2.05, 4.69) is 5.32 Å². The first-order valence-electron chi connectivity index (χ1n) is 6.60. The molecule has 1 fully saturated rings. The molecule has 5 heteroatoms. The van der Waals surface area contributed by atoms with Crippen LogP contribution in [0.4, 0.5) is 4.79 Å². The summed E-state index contributed by atoms with van der Waals surface area (Å²) < 4.78 is 0. The maximum atomic E-state index is 11.9. The number of aliphatic hydroxyl groups is 1. The molecule has 2 rings (SSSR count). The largest absolute Gasteiger partial charge is 0.394 e. The van der Waals surface area contributed by atoms with Crippen LogP contribution in [0.2, 0.25) is 5.02 Å². The predicted molar refractivity (Wildman–Crippen MR) is 75.4 cm³/mol. The van der Waals surface area contributed by atoms with Crippen LogP contribution in [0.5, 0.6) is 0 Å². The summed E-state index contributed by atoms with van der Waals surface area (Å²) in [6.07, 6.45) is 2.61. The van der Waals surface area contributed by atoms with Crippen molar-refractivity contribution in [3.63, 3.8) is 0 Å². The minimum absolute atomic E-state index is 0.0221. The number of nitrogens with zero attached hydrogens (tertiary/aromatic N) is 1. The van der Waals surface area contributed by atoms with Gasteiger partial charge in [-0.1, -0.05) is 23.7 Å². The number of hydrogen-bond donors (Lipinski definition) is 2. The molecule has 104 valence electrons. The number of rotatable bonds is 4. The molecule has 1 atom stereocenters. The van der Waals surface area contributed by atoms with Gasteiger partial charge in [0.05, 0.1) is 12.6 Å². The third-order valence-corrected chi connectivity index (χ3v) is 3.66. The number of nitrogens with one attached hydrogen (secondary N) is 1. The molecule has 1 aromatic carbocycles. The van der Waals surface area contributed by atoms with Crippen LogP contribution in [0.15, 0.2) is 24.3 Å². The van der Waals surface area contributed by atoms with Crippen LogP contribution in [0, 0.1) is 0 Å². The van der Waals surface area contributed by atoms with E-state index in [0.29, 0.717) is 11.6 Å². The molecule has 0 aliphatic carbocycles. The number of urea groups is 1. The Kier molecular flexibility index (Phi) is 5.05. The average molecular weight is 283 g/mol. The van der Waals surface area contributed by atoms with E-state index < -0.39 is 0 Å². The number of carbonyl (C=O) groups is 1. The van der Waals surface area contributed by atoms with Gasteiger partial charge in [0.1, 0.15) is 0 Å². The van der Waals surface area contributed by atoms with Gasteiger partial charge in [0.15, 0.2) is 0 Å². The topological polar surface area (TPSA) is 52.6 Å². The molecule has 0 spiro atoms. The van der Waals surface area contributed by atoms with Gasteiger partial charge in [0, 0.05) is 18.1 Å².